The molecule has 0 bridgehead atoms. The number of carbonyl (C=O) groups excluding carboxylic acids is 1. The molecule has 0 fully saturated rings. The van der Waals surface area contributed by atoms with Gasteiger partial charge >= 0.3 is 0 Å². The maximum atomic E-state index is 12.3. The zero-order chi connectivity index (χ0) is 14.8. The van der Waals surface area contributed by atoms with Gasteiger partial charge < -0.3 is 15.2 Å². The van der Waals surface area contributed by atoms with Gasteiger partial charge in [0.05, 0.1) is 18.3 Å². The molecule has 0 saturated heterocycles. The van der Waals surface area contributed by atoms with Crippen LogP contribution in [0.5, 0.6) is 0 Å². The molecule has 1 aliphatic heterocycles. The Morgan fingerprint density at radius 3 is 3.14 bits per heavy atom. The maximum absolute atomic E-state index is 12.3. The van der Waals surface area contributed by atoms with Crippen LogP contribution in [-0.4, -0.2) is 27.0 Å². The van der Waals surface area contributed by atoms with E-state index < -0.39 is 0 Å². The van der Waals surface area contributed by atoms with Crippen LogP contribution in [-0.2, 0) is 13.1 Å². The van der Waals surface area contributed by atoms with Crippen LogP contribution in [0.2, 0.25) is 0 Å². The summed E-state index contributed by atoms with van der Waals surface area (Å²) in [6, 6.07) is 3.74. The van der Waals surface area contributed by atoms with Crippen molar-refractivity contribution in [3.05, 3.63) is 47.3 Å². The lowest BCUT2D eigenvalue weighted by Crippen LogP contribution is -2.28. The minimum Gasteiger partial charge on any atom is -0.343 e. The van der Waals surface area contributed by atoms with E-state index >= 15 is 0 Å². The van der Waals surface area contributed by atoms with Crippen molar-refractivity contribution in [1.82, 2.24) is 25.2 Å². The molecule has 2 aromatic rings. The molecular formula is C15H19N5O. The van der Waals surface area contributed by atoms with Crippen molar-refractivity contribution in [2.24, 2.45) is 0 Å². The van der Waals surface area contributed by atoms with Crippen LogP contribution in [0.3, 0.4) is 0 Å². The molecule has 0 unspecified atom stereocenters. The first-order valence-corrected chi connectivity index (χ1v) is 7.14. The lowest BCUT2D eigenvalue weighted by molar-refractivity contribution is 0.0934. The van der Waals surface area contributed by atoms with E-state index in [1.54, 1.807) is 6.20 Å². The van der Waals surface area contributed by atoms with Crippen LogP contribution in [0.4, 0.5) is 0 Å². The van der Waals surface area contributed by atoms with Crippen LogP contribution in [0, 0.1) is 6.92 Å². The first-order valence-electron chi connectivity index (χ1n) is 7.14. The van der Waals surface area contributed by atoms with Crippen LogP contribution < -0.4 is 10.6 Å². The average Bonchev–Trinajstić information content (AvgIpc) is 2.91. The fourth-order valence-electron chi connectivity index (χ4n) is 2.59. The van der Waals surface area contributed by atoms with Crippen LogP contribution in [0.25, 0.3) is 0 Å². The molecule has 2 N–H and O–H groups in total. The fraction of sp³-hybridized carbons (Fsp3) is 0.400. The third kappa shape index (κ3) is 2.80. The lowest BCUT2D eigenvalue weighted by Gasteiger charge is -2.14. The summed E-state index contributed by atoms with van der Waals surface area (Å²) in [5.74, 6) is 0.752. The van der Waals surface area contributed by atoms with Crippen molar-refractivity contribution in [2.45, 2.75) is 33.0 Å². The van der Waals surface area contributed by atoms with E-state index in [9.17, 15) is 4.79 Å². The molecule has 6 heteroatoms. The molecule has 1 atom stereocenters. The number of hydrogen-bond acceptors (Lipinski definition) is 4. The SMILES string of the molecule is Cc1cccnc1[C@H](C)NC(=O)c1cn2c(n1)CNCC2. The highest BCUT2D eigenvalue weighted by Crippen LogP contribution is 2.15. The number of hydrogen-bond donors (Lipinski definition) is 2. The first kappa shape index (κ1) is 13.8. The standard InChI is InChI=1S/C15H19N5O/c1-10-4-3-5-17-14(10)11(2)18-15(21)12-9-20-7-6-16-8-13(20)19-12/h3-5,9,11,16H,6-8H2,1-2H3,(H,18,21)/t11-/m0/s1. The average molecular weight is 285 g/mol. The summed E-state index contributed by atoms with van der Waals surface area (Å²) in [5.41, 5.74) is 2.42. The van der Waals surface area contributed by atoms with Crippen LogP contribution in [0.15, 0.2) is 24.5 Å². The Morgan fingerprint density at radius 2 is 2.38 bits per heavy atom. The van der Waals surface area contributed by atoms with Gasteiger partial charge in [0.15, 0.2) is 0 Å². The number of carbonyl (C=O) groups is 1. The Balaban J connectivity index is 1.74. The minimum absolute atomic E-state index is 0.143. The van der Waals surface area contributed by atoms with E-state index in [0.717, 1.165) is 30.2 Å². The van der Waals surface area contributed by atoms with Gasteiger partial charge in [-0.05, 0) is 25.5 Å². The van der Waals surface area contributed by atoms with Gasteiger partial charge in [-0.1, -0.05) is 6.07 Å². The van der Waals surface area contributed by atoms with Crippen molar-refractivity contribution in [3.63, 3.8) is 0 Å². The molecule has 110 valence electrons. The normalized spacial score (nSPS) is 15.3. The van der Waals surface area contributed by atoms with E-state index in [1.165, 1.54) is 0 Å². The molecule has 3 rings (SSSR count). The molecule has 1 amide bonds. The highest BCUT2D eigenvalue weighted by Gasteiger charge is 2.19. The molecule has 3 heterocycles. The van der Waals surface area contributed by atoms with E-state index in [2.05, 4.69) is 20.6 Å². The molecule has 0 aliphatic carbocycles. The molecule has 21 heavy (non-hydrogen) atoms. The first-order chi connectivity index (χ1) is 10.1. The summed E-state index contributed by atoms with van der Waals surface area (Å²) < 4.78 is 2.03. The summed E-state index contributed by atoms with van der Waals surface area (Å²) in [6.45, 7) is 6.40. The topological polar surface area (TPSA) is 71.8 Å². The van der Waals surface area contributed by atoms with Gasteiger partial charge in [0.2, 0.25) is 0 Å². The molecule has 0 radical (unpaired) electrons. The van der Waals surface area contributed by atoms with Gasteiger partial charge in [0.1, 0.15) is 11.5 Å². The molecule has 1 aliphatic rings. The quantitative estimate of drug-likeness (QED) is 0.888. The van der Waals surface area contributed by atoms with E-state index in [1.807, 2.05) is 36.7 Å². The van der Waals surface area contributed by atoms with Crippen molar-refractivity contribution >= 4 is 5.91 Å². The number of nitrogens with zero attached hydrogens (tertiary/aromatic N) is 3. The fourth-order valence-corrected chi connectivity index (χ4v) is 2.59. The number of rotatable bonds is 3. The third-order valence-electron chi connectivity index (χ3n) is 3.71. The Labute approximate surface area is 123 Å². The van der Waals surface area contributed by atoms with Gasteiger partial charge in [0, 0.05) is 25.5 Å². The van der Waals surface area contributed by atoms with Crippen LogP contribution in [0.1, 0.15) is 40.5 Å². The summed E-state index contributed by atoms with van der Waals surface area (Å²) in [4.78, 5) is 21.0. The molecule has 0 saturated carbocycles. The van der Waals surface area contributed by atoms with Crippen LogP contribution >= 0.6 is 0 Å². The van der Waals surface area contributed by atoms with Crippen molar-refractivity contribution < 1.29 is 4.79 Å². The Bertz CT molecular complexity index is 640. The number of imidazole rings is 1. The Morgan fingerprint density at radius 1 is 1.52 bits per heavy atom. The third-order valence-corrected chi connectivity index (χ3v) is 3.71. The van der Waals surface area contributed by atoms with E-state index in [4.69, 9.17) is 0 Å². The minimum atomic E-state index is -0.158. The number of aromatic nitrogens is 3. The highest BCUT2D eigenvalue weighted by molar-refractivity contribution is 5.92. The zero-order valence-electron chi connectivity index (χ0n) is 12.3. The zero-order valence-corrected chi connectivity index (χ0v) is 12.3. The predicted octanol–water partition coefficient (Wildman–Crippen LogP) is 1.18. The van der Waals surface area contributed by atoms with Crippen molar-refractivity contribution in [2.75, 3.05) is 6.54 Å². The van der Waals surface area contributed by atoms with Gasteiger partial charge in [-0.3, -0.25) is 9.78 Å². The summed E-state index contributed by atoms with van der Waals surface area (Å²) in [5, 5.41) is 6.21. The number of amides is 1. The molecule has 2 aromatic heterocycles. The predicted molar refractivity (Wildman–Crippen MR) is 78.8 cm³/mol. The van der Waals surface area contributed by atoms with Gasteiger partial charge in [-0.2, -0.15) is 0 Å². The number of pyridine rings is 1. The van der Waals surface area contributed by atoms with Crippen molar-refractivity contribution in [3.8, 4) is 0 Å². The molecule has 0 spiro atoms. The summed E-state index contributed by atoms with van der Waals surface area (Å²) >= 11 is 0. The van der Waals surface area contributed by atoms with Gasteiger partial charge in [0.25, 0.3) is 5.91 Å². The second-order valence-corrected chi connectivity index (χ2v) is 5.31. The van der Waals surface area contributed by atoms with Crippen molar-refractivity contribution in [1.29, 1.82) is 0 Å². The maximum Gasteiger partial charge on any atom is 0.272 e. The second kappa shape index (κ2) is 5.65. The molecule has 6 nitrogen and oxygen atoms in total. The Kier molecular flexibility index (Phi) is 3.70. The summed E-state index contributed by atoms with van der Waals surface area (Å²) in [7, 11) is 0. The Hall–Kier alpha value is -2.21. The summed E-state index contributed by atoms with van der Waals surface area (Å²) in [6.07, 6.45) is 3.56. The number of nitrogens with one attached hydrogen (secondary N) is 2. The monoisotopic (exact) mass is 285 g/mol. The largest absolute Gasteiger partial charge is 0.343 e. The van der Waals surface area contributed by atoms with E-state index in [-0.39, 0.29) is 11.9 Å². The molecule has 0 aromatic carbocycles. The van der Waals surface area contributed by atoms with E-state index in [0.29, 0.717) is 12.2 Å². The number of fused-ring (bicyclic) bond motifs is 1. The number of aryl methyl sites for hydroxylation is 1. The lowest BCUT2D eigenvalue weighted by atomic mass is 10.1. The van der Waals surface area contributed by atoms with Gasteiger partial charge in [-0.15, -0.1) is 0 Å². The molecular weight excluding hydrogens is 266 g/mol. The van der Waals surface area contributed by atoms with Gasteiger partial charge in [-0.25, -0.2) is 4.98 Å². The smallest absolute Gasteiger partial charge is 0.272 e. The second-order valence-electron chi connectivity index (χ2n) is 5.31. The highest BCUT2D eigenvalue weighted by atomic mass is 16.2.